The summed E-state index contributed by atoms with van der Waals surface area (Å²) in [6, 6.07) is 13.8. The third-order valence-electron chi connectivity index (χ3n) is 3.24. The number of hydrogen-bond donors (Lipinski definition) is 1. The molecule has 1 N–H and O–H groups in total. The summed E-state index contributed by atoms with van der Waals surface area (Å²) < 4.78 is 0.960. The van der Waals surface area contributed by atoms with Gasteiger partial charge >= 0.3 is 0 Å². The third kappa shape index (κ3) is 2.12. The van der Waals surface area contributed by atoms with Crippen molar-refractivity contribution in [3.05, 3.63) is 52.5 Å². The van der Waals surface area contributed by atoms with Crippen molar-refractivity contribution in [2.45, 2.75) is 6.92 Å². The standard InChI is InChI=1S/C15H13BrN2O/c1-10-4-2-3-5-13(10)18-14-8-11(16)6-7-12(14)17-9-15(18)19/h2-8,17H,9H2,1H3. The van der Waals surface area contributed by atoms with Gasteiger partial charge in [0, 0.05) is 4.47 Å². The Bertz CT molecular complexity index is 654. The number of carbonyl (C=O) groups excluding carboxylic acids is 1. The van der Waals surface area contributed by atoms with E-state index in [0.29, 0.717) is 6.54 Å². The van der Waals surface area contributed by atoms with Crippen molar-refractivity contribution >= 4 is 38.9 Å². The van der Waals surface area contributed by atoms with Crippen molar-refractivity contribution in [2.75, 3.05) is 16.8 Å². The first-order valence-corrected chi connectivity index (χ1v) is 6.88. The van der Waals surface area contributed by atoms with E-state index in [1.165, 1.54) is 0 Å². The molecule has 0 saturated heterocycles. The topological polar surface area (TPSA) is 32.3 Å². The summed E-state index contributed by atoms with van der Waals surface area (Å²) in [5.74, 6) is 0.0555. The molecule has 1 aliphatic rings. The van der Waals surface area contributed by atoms with Crippen molar-refractivity contribution in [1.82, 2.24) is 0 Å². The Balaban J connectivity index is 2.19. The molecular formula is C15H13BrN2O. The highest BCUT2D eigenvalue weighted by Crippen LogP contribution is 2.38. The van der Waals surface area contributed by atoms with Crippen LogP contribution in [0.25, 0.3) is 0 Å². The fourth-order valence-electron chi connectivity index (χ4n) is 2.30. The SMILES string of the molecule is Cc1ccccc1N1C(=O)CNc2ccc(Br)cc21. The van der Waals surface area contributed by atoms with Crippen molar-refractivity contribution in [1.29, 1.82) is 0 Å². The first kappa shape index (κ1) is 12.2. The van der Waals surface area contributed by atoms with Gasteiger partial charge in [-0.1, -0.05) is 34.1 Å². The zero-order valence-electron chi connectivity index (χ0n) is 10.5. The molecule has 0 unspecified atom stereocenters. The average molecular weight is 317 g/mol. The molecule has 2 aromatic rings. The highest BCUT2D eigenvalue weighted by atomic mass is 79.9. The molecule has 0 bridgehead atoms. The van der Waals surface area contributed by atoms with Crippen LogP contribution in [0.4, 0.5) is 17.1 Å². The molecular weight excluding hydrogens is 304 g/mol. The van der Waals surface area contributed by atoms with Gasteiger partial charge in [0.1, 0.15) is 0 Å². The van der Waals surface area contributed by atoms with Crippen LogP contribution >= 0.6 is 15.9 Å². The van der Waals surface area contributed by atoms with Crippen LogP contribution in [0.5, 0.6) is 0 Å². The Morgan fingerprint density at radius 3 is 2.74 bits per heavy atom. The molecule has 1 heterocycles. The molecule has 1 amide bonds. The van der Waals surface area contributed by atoms with Crippen LogP contribution in [0.15, 0.2) is 46.9 Å². The average Bonchev–Trinajstić information content (AvgIpc) is 2.40. The van der Waals surface area contributed by atoms with Crippen LogP contribution in [-0.4, -0.2) is 12.5 Å². The van der Waals surface area contributed by atoms with E-state index in [1.807, 2.05) is 49.4 Å². The number of rotatable bonds is 1. The first-order valence-electron chi connectivity index (χ1n) is 6.09. The van der Waals surface area contributed by atoms with E-state index < -0.39 is 0 Å². The van der Waals surface area contributed by atoms with E-state index in [-0.39, 0.29) is 5.91 Å². The van der Waals surface area contributed by atoms with Gasteiger partial charge in [-0.3, -0.25) is 9.69 Å². The van der Waals surface area contributed by atoms with Crippen LogP contribution < -0.4 is 10.2 Å². The highest BCUT2D eigenvalue weighted by Gasteiger charge is 2.26. The summed E-state index contributed by atoms with van der Waals surface area (Å²) in [4.78, 5) is 14.1. The Labute approximate surface area is 120 Å². The van der Waals surface area contributed by atoms with E-state index in [2.05, 4.69) is 21.2 Å². The quantitative estimate of drug-likeness (QED) is 0.866. The van der Waals surface area contributed by atoms with E-state index in [1.54, 1.807) is 4.90 Å². The van der Waals surface area contributed by atoms with Gasteiger partial charge in [0.2, 0.25) is 0 Å². The fourth-order valence-corrected chi connectivity index (χ4v) is 2.65. The van der Waals surface area contributed by atoms with Crippen molar-refractivity contribution in [2.24, 2.45) is 0 Å². The predicted octanol–water partition coefficient (Wildman–Crippen LogP) is 3.85. The van der Waals surface area contributed by atoms with Gasteiger partial charge in [0.15, 0.2) is 0 Å². The highest BCUT2D eigenvalue weighted by molar-refractivity contribution is 9.10. The summed E-state index contributed by atoms with van der Waals surface area (Å²) in [6.45, 7) is 2.34. The van der Waals surface area contributed by atoms with E-state index in [0.717, 1.165) is 27.1 Å². The predicted molar refractivity (Wildman–Crippen MR) is 81.0 cm³/mol. The molecule has 0 radical (unpaired) electrons. The second-order valence-corrected chi connectivity index (χ2v) is 5.45. The number of nitrogens with zero attached hydrogens (tertiary/aromatic N) is 1. The number of benzene rings is 2. The van der Waals surface area contributed by atoms with Crippen LogP contribution in [0.1, 0.15) is 5.56 Å². The maximum absolute atomic E-state index is 12.3. The van der Waals surface area contributed by atoms with E-state index in [9.17, 15) is 4.79 Å². The number of aryl methyl sites for hydroxylation is 1. The van der Waals surface area contributed by atoms with Gasteiger partial charge in [-0.05, 0) is 36.8 Å². The van der Waals surface area contributed by atoms with Gasteiger partial charge in [-0.2, -0.15) is 0 Å². The van der Waals surface area contributed by atoms with E-state index in [4.69, 9.17) is 0 Å². The summed E-state index contributed by atoms with van der Waals surface area (Å²) in [6.07, 6.45) is 0. The number of anilines is 3. The van der Waals surface area contributed by atoms with Crippen LogP contribution in [0, 0.1) is 6.92 Å². The molecule has 3 rings (SSSR count). The Morgan fingerprint density at radius 2 is 1.95 bits per heavy atom. The van der Waals surface area contributed by atoms with Gasteiger partial charge < -0.3 is 5.32 Å². The smallest absolute Gasteiger partial charge is 0.250 e. The van der Waals surface area contributed by atoms with Gasteiger partial charge in [-0.15, -0.1) is 0 Å². The van der Waals surface area contributed by atoms with Gasteiger partial charge in [0.05, 0.1) is 23.6 Å². The number of fused-ring (bicyclic) bond motifs is 1. The lowest BCUT2D eigenvalue weighted by Gasteiger charge is -2.31. The minimum atomic E-state index is 0.0555. The van der Waals surface area contributed by atoms with Crippen molar-refractivity contribution < 1.29 is 4.79 Å². The van der Waals surface area contributed by atoms with Crippen LogP contribution in [0.3, 0.4) is 0 Å². The molecule has 3 nitrogen and oxygen atoms in total. The molecule has 19 heavy (non-hydrogen) atoms. The van der Waals surface area contributed by atoms with Crippen LogP contribution in [-0.2, 0) is 4.79 Å². The molecule has 0 saturated carbocycles. The molecule has 2 aromatic carbocycles. The summed E-state index contributed by atoms with van der Waals surface area (Å²) in [5.41, 5.74) is 3.89. The molecule has 0 aromatic heterocycles. The number of nitrogens with one attached hydrogen (secondary N) is 1. The number of amides is 1. The summed E-state index contributed by atoms with van der Waals surface area (Å²) in [7, 11) is 0. The second kappa shape index (κ2) is 4.70. The molecule has 0 spiro atoms. The lowest BCUT2D eigenvalue weighted by molar-refractivity contribution is -0.116. The lowest BCUT2D eigenvalue weighted by atomic mass is 10.1. The van der Waals surface area contributed by atoms with Crippen molar-refractivity contribution in [3.63, 3.8) is 0 Å². The number of para-hydroxylation sites is 1. The third-order valence-corrected chi connectivity index (χ3v) is 3.73. The molecule has 0 atom stereocenters. The molecule has 0 fully saturated rings. The lowest BCUT2D eigenvalue weighted by Crippen LogP contribution is -2.36. The van der Waals surface area contributed by atoms with Gasteiger partial charge in [-0.25, -0.2) is 0 Å². The maximum Gasteiger partial charge on any atom is 0.250 e. The van der Waals surface area contributed by atoms with E-state index >= 15 is 0 Å². The minimum Gasteiger partial charge on any atom is -0.374 e. The number of carbonyl (C=O) groups is 1. The fraction of sp³-hybridized carbons (Fsp3) is 0.133. The molecule has 1 aliphatic heterocycles. The first-order chi connectivity index (χ1) is 9.16. The van der Waals surface area contributed by atoms with Crippen LogP contribution in [0.2, 0.25) is 0 Å². The van der Waals surface area contributed by atoms with Gasteiger partial charge in [0.25, 0.3) is 5.91 Å². The zero-order chi connectivity index (χ0) is 13.4. The monoisotopic (exact) mass is 316 g/mol. The minimum absolute atomic E-state index is 0.0555. The summed E-state index contributed by atoms with van der Waals surface area (Å²) in [5, 5.41) is 3.15. The maximum atomic E-state index is 12.3. The normalized spacial score (nSPS) is 14.0. The van der Waals surface area contributed by atoms with Crippen molar-refractivity contribution in [3.8, 4) is 0 Å². The number of halogens is 1. The molecule has 4 heteroatoms. The largest absolute Gasteiger partial charge is 0.374 e. The Kier molecular flexibility index (Phi) is 3.03. The molecule has 96 valence electrons. The zero-order valence-corrected chi connectivity index (χ0v) is 12.1. The Morgan fingerprint density at radius 1 is 1.16 bits per heavy atom. The second-order valence-electron chi connectivity index (χ2n) is 4.53. The Hall–Kier alpha value is -1.81. The summed E-state index contributed by atoms with van der Waals surface area (Å²) >= 11 is 3.46. The molecule has 0 aliphatic carbocycles. The number of hydrogen-bond acceptors (Lipinski definition) is 2.